The van der Waals surface area contributed by atoms with E-state index in [1.807, 2.05) is 0 Å². The third-order valence-corrected chi connectivity index (χ3v) is 1.09. The molecule has 0 aliphatic heterocycles. The lowest BCUT2D eigenvalue weighted by Crippen LogP contribution is -2.40. The Balaban J connectivity index is 3.21. The summed E-state index contributed by atoms with van der Waals surface area (Å²) in [5, 5.41) is 30.8. The molecule has 0 N–H and O–H groups in total. The van der Waals surface area contributed by atoms with Gasteiger partial charge in [-0.2, -0.15) is 5.21 Å². The van der Waals surface area contributed by atoms with Gasteiger partial charge in [-0.15, -0.1) is 0 Å². The minimum Gasteiger partial charge on any atom is -0.319 e. The van der Waals surface area contributed by atoms with Crippen molar-refractivity contribution in [3.05, 3.63) is 26.1 Å². The highest BCUT2D eigenvalue weighted by Crippen LogP contribution is 2.22. The van der Waals surface area contributed by atoms with Crippen molar-refractivity contribution in [3.63, 3.8) is 0 Å². The first-order valence-corrected chi connectivity index (χ1v) is 2.66. The summed E-state index contributed by atoms with van der Waals surface area (Å²) >= 11 is 0. The molecule has 0 radical (unpaired) electrons. The lowest BCUT2D eigenvalue weighted by Gasteiger charge is -2.05. The van der Waals surface area contributed by atoms with Crippen molar-refractivity contribution < 1.29 is 14.2 Å². The minimum atomic E-state index is -4.08. The predicted molar refractivity (Wildman–Crippen MR) is 29.9 cm³/mol. The molecule has 11 heteroatoms. The van der Waals surface area contributed by atoms with Crippen molar-refractivity contribution in [3.8, 4) is 0 Å². The summed E-state index contributed by atoms with van der Waals surface area (Å²) in [6, 6.07) is 0. The van der Waals surface area contributed by atoms with Gasteiger partial charge in [0.1, 0.15) is 9.85 Å². The van der Waals surface area contributed by atoms with Gasteiger partial charge in [-0.3, -0.25) is 30.5 Å². The first kappa shape index (κ1) is 8.89. The van der Waals surface area contributed by atoms with Crippen LogP contribution in [0.5, 0.6) is 0 Å². The molecule has 1 heterocycles. The smallest absolute Gasteiger partial charge is 0.319 e. The van der Waals surface area contributed by atoms with Crippen LogP contribution in [-0.2, 0) is 5.92 Å². The number of alkyl halides is 1. The Morgan fingerprint density at radius 1 is 1.38 bits per heavy atom. The number of rotatable bonds is 3. The van der Waals surface area contributed by atoms with Crippen LogP contribution in [0.15, 0.2) is 0 Å². The average molecular weight is 191 g/mol. The second-order valence-corrected chi connectivity index (χ2v) is 1.80. The fourth-order valence-electron chi connectivity index (χ4n) is 0.502. The van der Waals surface area contributed by atoms with E-state index in [-0.39, 0.29) is 0 Å². The molecule has 10 nitrogen and oxygen atoms in total. The molecule has 0 fully saturated rings. The second kappa shape index (κ2) is 2.69. The van der Waals surface area contributed by atoms with E-state index in [4.69, 9.17) is 0 Å². The molecule has 0 bridgehead atoms. The maximum atomic E-state index is 13.0. The topological polar surface area (TPSA) is 139 Å². The summed E-state index contributed by atoms with van der Waals surface area (Å²) in [7, 11) is 0. The van der Waals surface area contributed by atoms with Gasteiger partial charge in [0.15, 0.2) is 0 Å². The molecule has 0 amide bonds. The van der Waals surface area contributed by atoms with Crippen LogP contribution in [0.2, 0.25) is 0 Å². The average Bonchev–Trinajstić information content (AvgIpc) is 2.54. The van der Waals surface area contributed by atoms with Crippen LogP contribution in [0.4, 0.5) is 4.39 Å². The Morgan fingerprint density at radius 2 is 1.92 bits per heavy atom. The van der Waals surface area contributed by atoms with Gasteiger partial charge in [-0.1, -0.05) is 4.39 Å². The number of halogens is 1. The molecule has 0 aliphatic rings. The molecule has 0 saturated carbocycles. The van der Waals surface area contributed by atoms with E-state index in [1.165, 1.54) is 0 Å². The van der Waals surface area contributed by atoms with Gasteiger partial charge in [0.05, 0.1) is 0 Å². The van der Waals surface area contributed by atoms with Crippen LogP contribution in [0.1, 0.15) is 5.82 Å². The molecular formula is C2FN6O4-. The van der Waals surface area contributed by atoms with E-state index in [1.54, 1.807) is 0 Å². The molecule has 0 atom stereocenters. The van der Waals surface area contributed by atoms with Crippen molar-refractivity contribution in [1.29, 1.82) is 0 Å². The van der Waals surface area contributed by atoms with Crippen LogP contribution in [-0.4, -0.2) is 25.4 Å². The van der Waals surface area contributed by atoms with Gasteiger partial charge in [-0.05, 0) is 0 Å². The summed E-state index contributed by atoms with van der Waals surface area (Å²) in [6.45, 7) is 0. The molecule has 0 aromatic carbocycles. The second-order valence-electron chi connectivity index (χ2n) is 1.80. The highest BCUT2D eigenvalue weighted by Gasteiger charge is 2.60. The SMILES string of the molecule is O=[N+]([O-])C(F)(c1nnn[n-]1)[N+](=O)[O-]. The summed E-state index contributed by atoms with van der Waals surface area (Å²) in [4.78, 5) is 16.5. The summed E-state index contributed by atoms with van der Waals surface area (Å²) in [5.74, 6) is -5.38. The Hall–Kier alpha value is -2.20. The van der Waals surface area contributed by atoms with Crippen molar-refractivity contribution >= 4 is 0 Å². The normalized spacial score (nSPS) is 11.2. The number of hydrogen-bond donors (Lipinski definition) is 0. The Morgan fingerprint density at radius 3 is 2.23 bits per heavy atom. The maximum absolute atomic E-state index is 13.0. The van der Waals surface area contributed by atoms with Gasteiger partial charge in [0.25, 0.3) is 0 Å². The Kier molecular flexibility index (Phi) is 1.84. The molecule has 0 aliphatic carbocycles. The Labute approximate surface area is 68.0 Å². The van der Waals surface area contributed by atoms with E-state index in [0.29, 0.717) is 0 Å². The number of hydrogen-bond acceptors (Lipinski definition) is 7. The van der Waals surface area contributed by atoms with Gasteiger partial charge in [-0.25, -0.2) is 0 Å². The van der Waals surface area contributed by atoms with Gasteiger partial charge < -0.3 is 5.10 Å². The van der Waals surface area contributed by atoms with Gasteiger partial charge >= 0.3 is 5.92 Å². The molecule has 1 rings (SSSR count). The van der Waals surface area contributed by atoms with E-state index in [9.17, 15) is 24.6 Å². The summed E-state index contributed by atoms with van der Waals surface area (Å²) < 4.78 is 13.0. The van der Waals surface area contributed by atoms with Crippen LogP contribution in [0.25, 0.3) is 0 Å². The summed E-state index contributed by atoms with van der Waals surface area (Å²) in [6.07, 6.45) is 0. The molecule has 1 aromatic heterocycles. The van der Waals surface area contributed by atoms with Crippen LogP contribution in [0, 0.1) is 20.2 Å². The molecule has 0 unspecified atom stereocenters. The molecule has 1 aromatic rings. The van der Waals surface area contributed by atoms with Crippen LogP contribution in [0.3, 0.4) is 0 Å². The van der Waals surface area contributed by atoms with Crippen molar-refractivity contribution in [2.24, 2.45) is 0 Å². The van der Waals surface area contributed by atoms with Crippen LogP contribution < -0.4 is 5.10 Å². The molecular weight excluding hydrogens is 191 g/mol. The van der Waals surface area contributed by atoms with Crippen molar-refractivity contribution in [2.45, 2.75) is 5.92 Å². The number of nitro groups is 2. The largest absolute Gasteiger partial charge is 0.649 e. The predicted octanol–water partition coefficient (Wildman–Crippen LogP) is -1.54. The zero-order chi connectivity index (χ0) is 10.1. The molecule has 0 spiro atoms. The fourth-order valence-corrected chi connectivity index (χ4v) is 0.502. The monoisotopic (exact) mass is 191 g/mol. The van der Waals surface area contributed by atoms with Crippen molar-refractivity contribution in [2.75, 3.05) is 0 Å². The quantitative estimate of drug-likeness (QED) is 0.242. The Bertz CT molecular complexity index is 320. The van der Waals surface area contributed by atoms with Crippen molar-refractivity contribution in [1.82, 2.24) is 20.6 Å². The van der Waals surface area contributed by atoms with E-state index < -0.39 is 21.6 Å². The third kappa shape index (κ3) is 1.15. The van der Waals surface area contributed by atoms with E-state index in [2.05, 4.69) is 20.6 Å². The van der Waals surface area contributed by atoms with E-state index >= 15 is 0 Å². The lowest BCUT2D eigenvalue weighted by molar-refractivity contribution is -0.847. The van der Waals surface area contributed by atoms with Gasteiger partial charge in [0, 0.05) is 0 Å². The molecule has 70 valence electrons. The zero-order valence-corrected chi connectivity index (χ0v) is 5.69. The third-order valence-electron chi connectivity index (χ3n) is 1.09. The highest BCUT2D eigenvalue weighted by molar-refractivity contribution is 4.82. The standard InChI is InChI=1S/C2FN6O4/c3-2(8(10)11,9(12)13)1-4-6-7-5-1/q-1. The number of nitrogens with zero attached hydrogens (tertiary/aromatic N) is 6. The molecule has 0 saturated heterocycles. The number of aromatic nitrogens is 4. The fraction of sp³-hybridized carbons (Fsp3) is 0.500. The van der Waals surface area contributed by atoms with Crippen LogP contribution >= 0.6 is 0 Å². The first-order valence-electron chi connectivity index (χ1n) is 2.66. The minimum absolute atomic E-state index is 1.30. The van der Waals surface area contributed by atoms with Gasteiger partial charge in [0.2, 0.25) is 5.82 Å². The summed E-state index contributed by atoms with van der Waals surface area (Å²) in [5.41, 5.74) is 0. The highest BCUT2D eigenvalue weighted by atomic mass is 19.2. The maximum Gasteiger partial charge on any atom is 0.649 e. The number of tetrazole rings is 1. The first-order chi connectivity index (χ1) is 5.99. The molecule has 13 heavy (non-hydrogen) atoms. The van der Waals surface area contributed by atoms with E-state index in [0.717, 1.165) is 0 Å². The lowest BCUT2D eigenvalue weighted by atomic mass is 10.4. The zero-order valence-electron chi connectivity index (χ0n) is 5.69.